The summed E-state index contributed by atoms with van der Waals surface area (Å²) < 4.78 is 0. The number of carbonyl (C=O) groups is 3. The van der Waals surface area contributed by atoms with Crippen LogP contribution in [0.3, 0.4) is 0 Å². The highest BCUT2D eigenvalue weighted by atomic mass is 16.4. The molecule has 8 heteroatoms. The van der Waals surface area contributed by atoms with Crippen LogP contribution >= 0.6 is 0 Å². The van der Waals surface area contributed by atoms with Crippen molar-refractivity contribution in [2.24, 2.45) is 11.8 Å². The number of carboxylic acids is 1. The summed E-state index contributed by atoms with van der Waals surface area (Å²) in [5.41, 5.74) is 0. The van der Waals surface area contributed by atoms with Crippen LogP contribution < -0.4 is 16.5 Å². The number of hydrogen-bond acceptors (Lipinski definition) is 5. The van der Waals surface area contributed by atoms with Crippen molar-refractivity contribution in [3.63, 3.8) is 0 Å². The van der Waals surface area contributed by atoms with Crippen LogP contribution in [-0.2, 0) is 14.4 Å². The third kappa shape index (κ3) is 5.68. The van der Waals surface area contributed by atoms with Gasteiger partial charge in [0.2, 0.25) is 5.91 Å². The monoisotopic (exact) mass is 300 g/mol. The van der Waals surface area contributed by atoms with E-state index in [0.717, 1.165) is 19.4 Å². The standard InChI is InChI=1S/C13H24N4O4/c1-8(2)6-10(13(21)17(14)7-11(18)19)16-12(20)9-4-3-5-15-9/h8-10,15H,3-7,14H2,1-2H3,(H,16,20)(H,18,19)/t9-,10-/m0/s1. The van der Waals surface area contributed by atoms with Gasteiger partial charge in [0.1, 0.15) is 12.6 Å². The number of carbonyl (C=O) groups excluding carboxylic acids is 2. The number of rotatable bonds is 7. The average Bonchev–Trinajstić information content (AvgIpc) is 2.89. The Balaban J connectivity index is 2.67. The molecule has 2 amide bonds. The zero-order valence-corrected chi connectivity index (χ0v) is 12.5. The third-order valence-electron chi connectivity index (χ3n) is 3.29. The molecule has 1 heterocycles. The molecule has 1 aliphatic rings. The Bertz CT molecular complexity index is 394. The molecule has 8 nitrogen and oxygen atoms in total. The van der Waals surface area contributed by atoms with Gasteiger partial charge in [-0.1, -0.05) is 13.8 Å². The molecule has 0 aromatic rings. The summed E-state index contributed by atoms with van der Waals surface area (Å²) in [5, 5.41) is 15.0. The lowest BCUT2D eigenvalue weighted by atomic mass is 10.0. The molecule has 0 saturated carbocycles. The van der Waals surface area contributed by atoms with E-state index in [1.54, 1.807) is 0 Å². The van der Waals surface area contributed by atoms with Crippen molar-refractivity contribution in [2.75, 3.05) is 13.1 Å². The Hall–Kier alpha value is -1.67. The van der Waals surface area contributed by atoms with Crippen LogP contribution in [0.1, 0.15) is 33.1 Å². The maximum Gasteiger partial charge on any atom is 0.324 e. The predicted octanol–water partition coefficient (Wildman–Crippen LogP) is -0.944. The predicted molar refractivity (Wildman–Crippen MR) is 75.9 cm³/mol. The lowest BCUT2D eigenvalue weighted by Gasteiger charge is -2.25. The van der Waals surface area contributed by atoms with Gasteiger partial charge in [-0.15, -0.1) is 0 Å². The van der Waals surface area contributed by atoms with Gasteiger partial charge in [0.25, 0.3) is 5.91 Å². The smallest absolute Gasteiger partial charge is 0.324 e. The Kier molecular flexibility index (Phi) is 6.57. The van der Waals surface area contributed by atoms with Crippen LogP contribution in [0.15, 0.2) is 0 Å². The molecular weight excluding hydrogens is 276 g/mol. The molecule has 0 bridgehead atoms. The molecule has 0 spiro atoms. The summed E-state index contributed by atoms with van der Waals surface area (Å²) >= 11 is 0. The Morgan fingerprint density at radius 3 is 2.57 bits per heavy atom. The second kappa shape index (κ2) is 7.94. The summed E-state index contributed by atoms with van der Waals surface area (Å²) in [7, 11) is 0. The first-order valence-electron chi connectivity index (χ1n) is 7.13. The van der Waals surface area contributed by atoms with E-state index >= 15 is 0 Å². The fourth-order valence-electron chi connectivity index (χ4n) is 2.30. The molecule has 5 N–H and O–H groups in total. The van der Waals surface area contributed by atoms with Gasteiger partial charge in [-0.25, -0.2) is 5.84 Å². The number of carboxylic acid groups (broad SMARTS) is 1. The lowest BCUT2D eigenvalue weighted by Crippen LogP contribution is -2.55. The number of nitrogens with two attached hydrogens (primary N) is 1. The summed E-state index contributed by atoms with van der Waals surface area (Å²) in [6.45, 7) is 4.02. The first-order valence-corrected chi connectivity index (χ1v) is 7.13. The second-order valence-corrected chi connectivity index (χ2v) is 5.70. The first kappa shape index (κ1) is 17.4. The Morgan fingerprint density at radius 2 is 2.10 bits per heavy atom. The van der Waals surface area contributed by atoms with E-state index in [4.69, 9.17) is 10.9 Å². The quantitative estimate of drug-likeness (QED) is 0.273. The number of nitrogens with zero attached hydrogens (tertiary/aromatic N) is 1. The van der Waals surface area contributed by atoms with Crippen LogP contribution in [-0.4, -0.2) is 53.1 Å². The van der Waals surface area contributed by atoms with Crippen LogP contribution in [0.5, 0.6) is 0 Å². The van der Waals surface area contributed by atoms with Crippen molar-refractivity contribution in [1.29, 1.82) is 0 Å². The van der Waals surface area contributed by atoms with E-state index in [1.165, 1.54) is 0 Å². The molecule has 0 aliphatic carbocycles. The average molecular weight is 300 g/mol. The van der Waals surface area contributed by atoms with Crippen LogP contribution in [0.2, 0.25) is 0 Å². The van der Waals surface area contributed by atoms with Gasteiger partial charge < -0.3 is 15.7 Å². The van der Waals surface area contributed by atoms with Gasteiger partial charge in [-0.05, 0) is 31.7 Å². The van der Waals surface area contributed by atoms with E-state index in [1.807, 2.05) is 13.8 Å². The van der Waals surface area contributed by atoms with Crippen molar-refractivity contribution in [1.82, 2.24) is 15.6 Å². The largest absolute Gasteiger partial charge is 0.480 e. The number of nitrogens with one attached hydrogen (secondary N) is 2. The van der Waals surface area contributed by atoms with Crippen molar-refractivity contribution < 1.29 is 19.5 Å². The normalized spacial score (nSPS) is 19.3. The molecule has 2 atom stereocenters. The summed E-state index contributed by atoms with van der Waals surface area (Å²) in [6, 6.07) is -1.09. The highest BCUT2D eigenvalue weighted by Gasteiger charge is 2.30. The van der Waals surface area contributed by atoms with Crippen LogP contribution in [0.4, 0.5) is 0 Å². The first-order chi connectivity index (χ1) is 9.81. The summed E-state index contributed by atoms with van der Waals surface area (Å²) in [6.07, 6.45) is 2.06. The number of aliphatic carboxylic acids is 1. The highest BCUT2D eigenvalue weighted by molar-refractivity contribution is 5.90. The van der Waals surface area contributed by atoms with E-state index in [2.05, 4.69) is 10.6 Å². The molecule has 1 saturated heterocycles. The molecule has 21 heavy (non-hydrogen) atoms. The highest BCUT2D eigenvalue weighted by Crippen LogP contribution is 2.10. The lowest BCUT2D eigenvalue weighted by molar-refractivity contribution is -0.146. The summed E-state index contributed by atoms with van der Waals surface area (Å²) in [4.78, 5) is 34.9. The van der Waals surface area contributed by atoms with Gasteiger partial charge in [-0.2, -0.15) is 0 Å². The molecule has 0 aromatic heterocycles. The minimum atomic E-state index is -1.20. The zero-order valence-electron chi connectivity index (χ0n) is 12.5. The molecule has 0 unspecified atom stereocenters. The van der Waals surface area contributed by atoms with Crippen molar-refractivity contribution in [3.05, 3.63) is 0 Å². The second-order valence-electron chi connectivity index (χ2n) is 5.70. The molecule has 1 fully saturated rings. The third-order valence-corrected chi connectivity index (χ3v) is 3.29. The number of hydrogen-bond donors (Lipinski definition) is 4. The zero-order chi connectivity index (χ0) is 16.0. The topological polar surface area (TPSA) is 125 Å². The molecular formula is C13H24N4O4. The molecule has 120 valence electrons. The van der Waals surface area contributed by atoms with E-state index in [9.17, 15) is 14.4 Å². The van der Waals surface area contributed by atoms with E-state index in [0.29, 0.717) is 11.4 Å². The van der Waals surface area contributed by atoms with Crippen molar-refractivity contribution >= 4 is 17.8 Å². The fourth-order valence-corrected chi connectivity index (χ4v) is 2.30. The molecule has 0 radical (unpaired) electrons. The Labute approximate surface area is 124 Å². The molecule has 1 aliphatic heterocycles. The minimum Gasteiger partial charge on any atom is -0.480 e. The van der Waals surface area contributed by atoms with Gasteiger partial charge in [0.15, 0.2) is 0 Å². The van der Waals surface area contributed by atoms with Crippen LogP contribution in [0.25, 0.3) is 0 Å². The van der Waals surface area contributed by atoms with Gasteiger partial charge in [-0.3, -0.25) is 19.4 Å². The SMILES string of the molecule is CC(C)C[C@H](NC(=O)[C@@H]1CCCN1)C(=O)N(N)CC(=O)O. The fraction of sp³-hybridized carbons (Fsp3) is 0.769. The van der Waals surface area contributed by atoms with E-state index < -0.39 is 24.5 Å². The van der Waals surface area contributed by atoms with Gasteiger partial charge in [0.05, 0.1) is 6.04 Å². The number of amides is 2. The maximum absolute atomic E-state index is 12.2. The minimum absolute atomic E-state index is 0.161. The van der Waals surface area contributed by atoms with Gasteiger partial charge in [0, 0.05) is 0 Å². The van der Waals surface area contributed by atoms with Gasteiger partial charge >= 0.3 is 5.97 Å². The summed E-state index contributed by atoms with van der Waals surface area (Å²) in [5.74, 6) is 3.60. The number of hydrazine groups is 1. The Morgan fingerprint density at radius 1 is 1.43 bits per heavy atom. The van der Waals surface area contributed by atoms with Crippen molar-refractivity contribution in [3.8, 4) is 0 Å². The molecule has 1 rings (SSSR count). The molecule has 0 aromatic carbocycles. The van der Waals surface area contributed by atoms with Crippen LogP contribution in [0, 0.1) is 5.92 Å². The van der Waals surface area contributed by atoms with Crippen molar-refractivity contribution in [2.45, 2.75) is 45.2 Å². The maximum atomic E-state index is 12.2. The van der Waals surface area contributed by atoms with E-state index in [-0.39, 0.29) is 17.9 Å².